The number of ether oxygens (including phenoxy) is 1. The second-order valence-corrected chi connectivity index (χ2v) is 20.5. The van der Waals surface area contributed by atoms with Crippen LogP contribution in [0.4, 0.5) is 0 Å². The van der Waals surface area contributed by atoms with Gasteiger partial charge < -0.3 is 0 Å². The Bertz CT molecular complexity index is 3740. The average Bonchev–Trinajstić information content (AvgIpc) is 3.84. The van der Waals surface area contributed by atoms with Crippen LogP contribution in [0.2, 0.25) is 0 Å². The third-order valence-corrected chi connectivity index (χ3v) is 13.8. The molecule has 0 unspecified atom stereocenters. The minimum Gasteiger partial charge on any atom is -0.265 e. The molecule has 0 radical (unpaired) electrons. The molecule has 4 aromatic heterocycles. The number of nitrogens with zero attached hydrogens (tertiary/aromatic N) is 5. The van der Waals surface area contributed by atoms with Gasteiger partial charge in [-0.25, -0.2) is 0 Å². The third-order valence-electron chi connectivity index (χ3n) is 13.1. The van der Waals surface area contributed by atoms with Gasteiger partial charge in [-0.3, -0.25) is 4.98 Å². The van der Waals surface area contributed by atoms with Crippen molar-refractivity contribution in [2.45, 2.75) is 59.3 Å². The Kier molecular flexibility index (Phi) is 11.0. The van der Waals surface area contributed by atoms with E-state index in [1.807, 2.05) is 36.8 Å². The first-order chi connectivity index (χ1) is 33.3. The van der Waals surface area contributed by atoms with Crippen LogP contribution in [0.1, 0.15) is 58.2 Å². The first kappa shape index (κ1) is 44.1. The van der Waals surface area contributed by atoms with E-state index in [1.54, 1.807) is 0 Å². The molecule has 7 heteroatoms. The van der Waals surface area contributed by atoms with E-state index in [1.165, 1.54) is 5.56 Å². The second-order valence-electron chi connectivity index (χ2n) is 19.8. The van der Waals surface area contributed by atoms with Crippen LogP contribution in [0.25, 0.3) is 83.4 Å². The van der Waals surface area contributed by atoms with Crippen LogP contribution in [0.5, 0.6) is 11.5 Å². The van der Waals surface area contributed by atoms with Crippen LogP contribution >= 0.6 is 0 Å². The van der Waals surface area contributed by atoms with E-state index in [0.29, 0.717) is 11.5 Å². The van der Waals surface area contributed by atoms with Crippen molar-refractivity contribution in [2.24, 2.45) is 0 Å². The zero-order valence-corrected chi connectivity index (χ0v) is 41.3. The van der Waals surface area contributed by atoms with Crippen LogP contribution in [0.3, 0.4) is 0 Å². The number of imidazole rings is 1. The van der Waals surface area contributed by atoms with E-state index in [2.05, 4.69) is 244 Å². The fraction of sp³-hybridized carbons (Fsp3) is 0.145. The molecule has 11 rings (SSSR count). The summed E-state index contributed by atoms with van der Waals surface area (Å²) in [6, 6.07) is 65.5. The van der Waals surface area contributed by atoms with E-state index in [4.69, 9.17) is 9.72 Å². The van der Waals surface area contributed by atoms with Gasteiger partial charge in [0.25, 0.3) is 0 Å². The first-order valence-electron chi connectivity index (χ1n) is 23.4. The smallest absolute Gasteiger partial charge is 0.265 e. The monoisotopic (exact) mass is 987 g/mol. The quantitative estimate of drug-likeness (QED) is 0.113. The van der Waals surface area contributed by atoms with Gasteiger partial charge in [-0.2, -0.15) is 0 Å². The number of para-hydroxylation sites is 3. The van der Waals surface area contributed by atoms with E-state index >= 15 is 0 Å². The van der Waals surface area contributed by atoms with Crippen LogP contribution in [0, 0.1) is 22.9 Å². The number of fused-ring (bicyclic) bond motifs is 4. The number of benzene rings is 7. The Morgan fingerprint density at radius 1 is 0.507 bits per heavy atom. The van der Waals surface area contributed by atoms with Gasteiger partial charge in [-0.1, -0.05) is 12.1 Å². The fourth-order valence-corrected chi connectivity index (χ4v) is 10.2. The zero-order valence-electron chi connectivity index (χ0n) is 39.8. The summed E-state index contributed by atoms with van der Waals surface area (Å²) in [4.78, 5) is 9.26. The van der Waals surface area contributed by atoms with E-state index < -0.39 is 0 Å². The molecule has 0 spiro atoms. The predicted octanol–water partition coefficient (Wildman–Crippen LogP) is 15.7. The van der Waals surface area contributed by atoms with Gasteiger partial charge in [0.15, 0.2) is 0 Å². The molecule has 0 aliphatic carbocycles. The summed E-state index contributed by atoms with van der Waals surface area (Å²) < 4.78 is 14.7. The number of rotatable bonds is 8. The zero-order chi connectivity index (χ0) is 47.6. The SMILES string of the molecule is Cc1cc(-n2c3[c-]c(Oc4[c-]c(-n5[c](=[Pd])n(-c6c(-c7ccccc7)cc(C(C)(C)C)cc6-c6ccccc6)c6ccccc65)cc(C(C)(C)C)c4)ccc3c3ccccc32)ncc1-c1ccncc1. The van der Waals surface area contributed by atoms with E-state index in [0.717, 1.165) is 98.4 Å². The Morgan fingerprint density at radius 2 is 1.07 bits per heavy atom. The summed E-state index contributed by atoms with van der Waals surface area (Å²) in [5.41, 5.74) is 15.9. The van der Waals surface area contributed by atoms with Crippen molar-refractivity contribution in [1.29, 1.82) is 0 Å². The van der Waals surface area contributed by atoms with E-state index in [9.17, 15) is 0 Å². The number of aromatic nitrogens is 5. The van der Waals surface area contributed by atoms with E-state index in [-0.39, 0.29) is 10.8 Å². The van der Waals surface area contributed by atoms with Crippen LogP contribution in [0.15, 0.2) is 182 Å². The topological polar surface area (TPSA) is 49.8 Å². The summed E-state index contributed by atoms with van der Waals surface area (Å²) in [5, 5.41) is 2.19. The van der Waals surface area contributed by atoms with Gasteiger partial charge in [0.2, 0.25) is 0 Å². The molecule has 0 aliphatic heterocycles. The van der Waals surface area contributed by atoms with Crippen molar-refractivity contribution < 1.29 is 23.5 Å². The number of hydrogen-bond donors (Lipinski definition) is 0. The Hall–Kier alpha value is -7.43. The maximum absolute atomic E-state index is 6.93. The van der Waals surface area contributed by atoms with Gasteiger partial charge in [-0.15, -0.1) is 0 Å². The summed E-state index contributed by atoms with van der Waals surface area (Å²) >= 11 is 3.84. The van der Waals surface area contributed by atoms with Crippen molar-refractivity contribution in [2.75, 3.05) is 0 Å². The van der Waals surface area contributed by atoms with Crippen molar-refractivity contribution in [3.63, 3.8) is 0 Å². The number of hydrogen-bond acceptors (Lipinski definition) is 3. The molecule has 0 aliphatic rings. The normalized spacial score (nSPS) is 12.1. The Morgan fingerprint density at radius 3 is 1.70 bits per heavy atom. The van der Waals surface area contributed by atoms with Crippen LogP contribution in [-0.2, 0) is 29.6 Å². The van der Waals surface area contributed by atoms with Crippen molar-refractivity contribution in [3.05, 3.63) is 215 Å². The number of aryl methyl sites for hydroxylation is 1. The molecule has 4 heterocycles. The van der Waals surface area contributed by atoms with Gasteiger partial charge >= 0.3 is 345 Å². The van der Waals surface area contributed by atoms with Crippen molar-refractivity contribution in [3.8, 4) is 62.1 Å². The molecule has 0 atom stereocenters. The molecule has 0 N–H and O–H groups in total. The Labute approximate surface area is 414 Å². The fourth-order valence-electron chi connectivity index (χ4n) is 9.46. The molecular formula is C62H51N5OPd-2. The van der Waals surface area contributed by atoms with Crippen LogP contribution in [-0.4, -0.2) is 23.7 Å². The molecule has 11 aromatic rings. The average molecular weight is 989 g/mol. The van der Waals surface area contributed by atoms with Gasteiger partial charge in [0, 0.05) is 24.2 Å². The second kappa shape index (κ2) is 17.3. The standard InChI is InChI=1S/C62H51N5O.Pd/c1-41-32-59(64-39-54(41)44-28-30-63-31-29-44)67-55-23-15-14-22-50(55)51-27-26-48(38-58(51)67)68-49-34-45(61(2,3)4)33-47(37-49)65-40-66(57-25-17-16-24-56(57)65)60-52(42-18-10-8-11-19-42)35-46(62(5,6)7)36-53(60)43-20-12-9-13-21-43;/h8-36,39H,1-7H3;/q-2;. The third kappa shape index (κ3) is 8.06. The van der Waals surface area contributed by atoms with Crippen molar-refractivity contribution in [1.82, 2.24) is 23.7 Å². The molecule has 0 amide bonds. The van der Waals surface area contributed by atoms with Gasteiger partial charge in [0.05, 0.1) is 0 Å². The molecule has 342 valence electrons. The van der Waals surface area contributed by atoms with Crippen LogP contribution < -0.4 is 4.74 Å². The minimum atomic E-state index is -0.216. The number of pyridine rings is 2. The molecular weight excluding hydrogens is 937 g/mol. The predicted molar refractivity (Wildman–Crippen MR) is 278 cm³/mol. The molecule has 6 nitrogen and oxygen atoms in total. The maximum atomic E-state index is 6.93. The Balaban J connectivity index is 1.09. The summed E-state index contributed by atoms with van der Waals surface area (Å²) in [5.74, 6) is 1.99. The van der Waals surface area contributed by atoms with Gasteiger partial charge in [-0.05, 0) is 30.2 Å². The molecule has 0 fully saturated rings. The summed E-state index contributed by atoms with van der Waals surface area (Å²) in [6.07, 6.45) is 5.58. The molecule has 7 aromatic carbocycles. The van der Waals surface area contributed by atoms with Gasteiger partial charge in [0.1, 0.15) is 0 Å². The molecule has 0 saturated heterocycles. The summed E-state index contributed by atoms with van der Waals surface area (Å²) in [7, 11) is 0. The first-order valence-corrected chi connectivity index (χ1v) is 24.2. The molecule has 69 heavy (non-hydrogen) atoms. The minimum absolute atomic E-state index is 0.0938. The summed E-state index contributed by atoms with van der Waals surface area (Å²) in [6.45, 7) is 15.7. The molecule has 0 bridgehead atoms. The molecule has 0 saturated carbocycles. The van der Waals surface area contributed by atoms with Crippen molar-refractivity contribution >= 4 is 32.8 Å².